The smallest absolute Gasteiger partial charge is 0.268 e. The zero-order valence-corrected chi connectivity index (χ0v) is 9.82. The van der Waals surface area contributed by atoms with Gasteiger partial charge in [-0.05, 0) is 12.1 Å². The van der Waals surface area contributed by atoms with Crippen LogP contribution in [0, 0.1) is 0 Å². The van der Waals surface area contributed by atoms with Crippen LogP contribution in [-0.2, 0) is 15.6 Å². The molecule has 2 aromatic rings. The number of rotatable bonds is 3. The number of para-hydroxylation sites is 1. The highest BCUT2D eigenvalue weighted by Crippen LogP contribution is 2.26. The van der Waals surface area contributed by atoms with E-state index in [0.717, 1.165) is 0 Å². The van der Waals surface area contributed by atoms with E-state index in [2.05, 4.69) is 4.98 Å². The molecule has 0 fully saturated rings. The van der Waals surface area contributed by atoms with Crippen molar-refractivity contribution in [3.8, 4) is 5.75 Å². The lowest BCUT2D eigenvalue weighted by Gasteiger charge is -2.07. The molecule has 0 spiro atoms. The predicted octanol–water partition coefficient (Wildman–Crippen LogP) is -0.909. The Morgan fingerprint density at radius 1 is 1.39 bits per heavy atom. The minimum Gasteiger partial charge on any atom is -0.549 e. The van der Waals surface area contributed by atoms with E-state index in [4.69, 9.17) is 0 Å². The van der Waals surface area contributed by atoms with Gasteiger partial charge in [-0.25, -0.2) is 0 Å². The van der Waals surface area contributed by atoms with Crippen LogP contribution in [0.3, 0.4) is 0 Å². The van der Waals surface area contributed by atoms with Gasteiger partial charge >= 0.3 is 0 Å². The molecular formula is C11H8NO5S-. The summed E-state index contributed by atoms with van der Waals surface area (Å²) in [5.41, 5.74) is -0.389. The van der Waals surface area contributed by atoms with Crippen LogP contribution in [-0.4, -0.2) is 26.0 Å². The molecule has 0 saturated carbocycles. The van der Waals surface area contributed by atoms with E-state index in [0.29, 0.717) is 10.9 Å². The van der Waals surface area contributed by atoms with E-state index in [1.807, 2.05) is 0 Å². The molecular weight excluding hydrogens is 258 g/mol. The number of carboxylic acids is 1. The molecule has 0 radical (unpaired) electrons. The van der Waals surface area contributed by atoms with Crippen molar-refractivity contribution in [3.05, 3.63) is 34.6 Å². The molecule has 7 heteroatoms. The molecule has 18 heavy (non-hydrogen) atoms. The second kappa shape index (κ2) is 4.61. The highest BCUT2D eigenvalue weighted by Gasteiger charge is 2.17. The van der Waals surface area contributed by atoms with E-state index < -0.39 is 38.7 Å². The van der Waals surface area contributed by atoms with Gasteiger partial charge in [0.15, 0.2) is 0 Å². The van der Waals surface area contributed by atoms with Crippen molar-refractivity contribution in [1.82, 2.24) is 4.98 Å². The SMILES string of the molecule is O=C([O-])C[S@@](=O)c1c(O)c2ccccc2[nH]c1=O. The molecule has 0 aliphatic rings. The van der Waals surface area contributed by atoms with Crippen molar-refractivity contribution in [2.75, 3.05) is 5.75 Å². The minimum atomic E-state index is -2.15. The van der Waals surface area contributed by atoms with Crippen LogP contribution in [0.1, 0.15) is 0 Å². The lowest BCUT2D eigenvalue weighted by molar-refractivity contribution is -0.301. The van der Waals surface area contributed by atoms with Gasteiger partial charge in [0.1, 0.15) is 10.6 Å². The molecule has 6 nitrogen and oxygen atoms in total. The van der Waals surface area contributed by atoms with Gasteiger partial charge in [0.2, 0.25) is 0 Å². The lowest BCUT2D eigenvalue weighted by atomic mass is 10.2. The largest absolute Gasteiger partial charge is 0.549 e. The van der Waals surface area contributed by atoms with E-state index in [9.17, 15) is 24.0 Å². The average Bonchev–Trinajstić information content (AvgIpc) is 2.27. The van der Waals surface area contributed by atoms with Gasteiger partial charge in [0, 0.05) is 5.39 Å². The molecule has 1 atom stereocenters. The Bertz CT molecular complexity index is 706. The van der Waals surface area contributed by atoms with Crippen LogP contribution in [0.15, 0.2) is 34.0 Å². The van der Waals surface area contributed by atoms with Crippen LogP contribution in [0.5, 0.6) is 5.75 Å². The predicted molar refractivity (Wildman–Crippen MR) is 62.5 cm³/mol. The van der Waals surface area contributed by atoms with Gasteiger partial charge in [0.25, 0.3) is 5.56 Å². The number of carbonyl (C=O) groups excluding carboxylic acids is 1. The fraction of sp³-hybridized carbons (Fsp3) is 0.0909. The summed E-state index contributed by atoms with van der Waals surface area (Å²) in [6.07, 6.45) is 0. The molecule has 0 aliphatic carbocycles. The Hall–Kier alpha value is -2.15. The highest BCUT2D eigenvalue weighted by molar-refractivity contribution is 7.85. The number of carboxylic acid groups (broad SMARTS) is 1. The topological polar surface area (TPSA) is 110 Å². The summed E-state index contributed by atoms with van der Waals surface area (Å²) >= 11 is 0. The Kier molecular flexibility index (Phi) is 3.15. The summed E-state index contributed by atoms with van der Waals surface area (Å²) < 4.78 is 11.7. The van der Waals surface area contributed by atoms with E-state index in [1.54, 1.807) is 18.2 Å². The zero-order chi connectivity index (χ0) is 13.3. The molecule has 1 heterocycles. The number of benzene rings is 1. The van der Waals surface area contributed by atoms with Crippen molar-refractivity contribution in [3.63, 3.8) is 0 Å². The first-order valence-electron chi connectivity index (χ1n) is 4.93. The summed E-state index contributed by atoms with van der Waals surface area (Å²) in [6, 6.07) is 6.39. The van der Waals surface area contributed by atoms with Crippen molar-refractivity contribution >= 4 is 27.7 Å². The monoisotopic (exact) mass is 266 g/mol. The molecule has 0 amide bonds. The van der Waals surface area contributed by atoms with Gasteiger partial charge in [-0.2, -0.15) is 0 Å². The maximum absolute atomic E-state index is 11.7. The highest BCUT2D eigenvalue weighted by atomic mass is 32.2. The van der Waals surface area contributed by atoms with E-state index >= 15 is 0 Å². The summed E-state index contributed by atoms with van der Waals surface area (Å²) in [5.74, 6) is -2.86. The molecule has 94 valence electrons. The standard InChI is InChI=1S/C11H9NO5S/c13-8(14)5-18(17)10-9(15)6-3-1-2-4-7(6)12-11(10)16/h1-4H,5H2,(H,13,14)(H2,12,15,16)/p-1/t18-/m1/s1. The van der Waals surface area contributed by atoms with Crippen molar-refractivity contribution in [1.29, 1.82) is 0 Å². The Morgan fingerprint density at radius 3 is 2.72 bits per heavy atom. The first-order valence-corrected chi connectivity index (χ1v) is 6.25. The fourth-order valence-electron chi connectivity index (χ4n) is 1.60. The summed E-state index contributed by atoms with van der Waals surface area (Å²) in [7, 11) is -2.15. The number of carbonyl (C=O) groups is 1. The average molecular weight is 266 g/mol. The molecule has 2 N–H and O–H groups in total. The molecule has 0 bridgehead atoms. The molecule has 1 aromatic carbocycles. The number of hydrogen-bond donors (Lipinski definition) is 2. The normalized spacial score (nSPS) is 12.4. The van der Waals surface area contributed by atoms with E-state index in [-0.39, 0.29) is 0 Å². The number of H-pyrrole nitrogens is 1. The Labute approximate surface area is 103 Å². The van der Waals surface area contributed by atoms with Crippen LogP contribution in [0.2, 0.25) is 0 Å². The molecule has 0 saturated heterocycles. The van der Waals surface area contributed by atoms with Crippen LogP contribution < -0.4 is 10.7 Å². The number of pyridine rings is 1. The Balaban J connectivity index is 2.68. The van der Waals surface area contributed by atoms with Gasteiger partial charge in [-0.15, -0.1) is 0 Å². The minimum absolute atomic E-state index is 0.304. The second-order valence-electron chi connectivity index (χ2n) is 3.54. The zero-order valence-electron chi connectivity index (χ0n) is 9.00. The van der Waals surface area contributed by atoms with Crippen molar-refractivity contribution in [2.24, 2.45) is 0 Å². The van der Waals surface area contributed by atoms with Gasteiger partial charge in [-0.1, -0.05) is 12.1 Å². The first-order chi connectivity index (χ1) is 8.50. The third-order valence-corrected chi connectivity index (χ3v) is 3.66. The van der Waals surface area contributed by atoms with Crippen LogP contribution in [0.4, 0.5) is 0 Å². The number of aliphatic carboxylic acids is 1. The Morgan fingerprint density at radius 2 is 2.06 bits per heavy atom. The number of hydrogen-bond acceptors (Lipinski definition) is 5. The molecule has 1 aromatic heterocycles. The molecule has 2 rings (SSSR count). The third kappa shape index (κ3) is 2.12. The van der Waals surface area contributed by atoms with Crippen molar-refractivity contribution < 1.29 is 19.2 Å². The number of fused-ring (bicyclic) bond motifs is 1. The van der Waals surface area contributed by atoms with E-state index in [1.165, 1.54) is 6.07 Å². The van der Waals surface area contributed by atoms with Gasteiger partial charge < -0.3 is 20.0 Å². The van der Waals surface area contributed by atoms with Crippen LogP contribution in [0.25, 0.3) is 10.9 Å². The number of nitrogens with one attached hydrogen (secondary N) is 1. The maximum Gasteiger partial charge on any atom is 0.268 e. The number of aromatic hydroxyl groups is 1. The number of aromatic nitrogens is 1. The molecule has 0 aliphatic heterocycles. The van der Waals surface area contributed by atoms with Gasteiger partial charge in [0.05, 0.1) is 28.0 Å². The second-order valence-corrected chi connectivity index (χ2v) is 4.93. The lowest BCUT2D eigenvalue weighted by Crippen LogP contribution is -2.30. The maximum atomic E-state index is 11.7. The first kappa shape index (κ1) is 12.3. The quantitative estimate of drug-likeness (QED) is 0.747. The summed E-state index contributed by atoms with van der Waals surface area (Å²) in [6.45, 7) is 0. The van der Waals surface area contributed by atoms with Gasteiger partial charge in [-0.3, -0.25) is 9.00 Å². The summed E-state index contributed by atoms with van der Waals surface area (Å²) in [4.78, 5) is 24.0. The fourth-order valence-corrected chi connectivity index (χ4v) is 2.54. The van der Waals surface area contributed by atoms with Crippen molar-refractivity contribution in [2.45, 2.75) is 4.90 Å². The number of aromatic amines is 1. The molecule has 0 unspecified atom stereocenters. The summed E-state index contributed by atoms with van der Waals surface area (Å²) in [5, 5.41) is 20.6. The van der Waals surface area contributed by atoms with Crippen LogP contribution >= 0.6 is 0 Å². The third-order valence-electron chi connectivity index (χ3n) is 2.33.